The number of ether oxygens (including phenoxy) is 4. The van der Waals surface area contributed by atoms with Crippen LogP contribution in [-0.4, -0.2) is 65.7 Å². The zero-order valence-corrected chi connectivity index (χ0v) is 33.3. The van der Waals surface area contributed by atoms with Crippen LogP contribution >= 0.6 is 8.53 Å². The highest BCUT2D eigenvalue weighted by Gasteiger charge is 2.52. The number of carbonyl (C=O) groups is 1. The van der Waals surface area contributed by atoms with Crippen molar-refractivity contribution in [3.8, 4) is 33.8 Å². The van der Waals surface area contributed by atoms with E-state index in [4.69, 9.17) is 28.0 Å². The highest BCUT2D eigenvalue weighted by atomic mass is 31.2. The quantitative estimate of drug-likeness (QED) is 0.110. The van der Waals surface area contributed by atoms with Crippen LogP contribution in [0.3, 0.4) is 0 Å². The molecule has 0 bridgehead atoms. The molecule has 6 unspecified atom stereocenters. The SMILES string of the molecule is COc1ccc(-c2ccc(COCC3OC(n4ccc(NC(=O)C(C)C)nc4=O)CC3OP3OC(c4ccccc4)C4CCN43)c(-c3ccc(OC)cc3)c2)cc1. The Hall–Kier alpha value is -4.94. The second-order valence-corrected chi connectivity index (χ2v) is 16.1. The van der Waals surface area contributed by atoms with Gasteiger partial charge < -0.3 is 33.3 Å². The van der Waals surface area contributed by atoms with Gasteiger partial charge in [-0.2, -0.15) is 4.98 Å². The van der Waals surface area contributed by atoms with Crippen LogP contribution in [0, 0.1) is 5.92 Å². The topological polar surface area (TPSA) is 123 Å². The number of nitrogens with one attached hydrogen (secondary N) is 1. The summed E-state index contributed by atoms with van der Waals surface area (Å²) < 4.78 is 41.1. The molecule has 1 N–H and O–H groups in total. The number of hydrogen-bond acceptors (Lipinski definition) is 10. The number of carbonyl (C=O) groups excluding carboxylic acids is 1. The van der Waals surface area contributed by atoms with E-state index in [0.717, 1.165) is 57.8 Å². The number of anilines is 1. The van der Waals surface area contributed by atoms with E-state index in [2.05, 4.69) is 45.3 Å². The molecule has 8 rings (SSSR count). The average Bonchev–Trinajstić information content (AvgIpc) is 3.73. The van der Waals surface area contributed by atoms with Crippen molar-refractivity contribution in [3.63, 3.8) is 0 Å². The first-order valence-corrected chi connectivity index (χ1v) is 20.4. The molecule has 4 heterocycles. The van der Waals surface area contributed by atoms with Crippen LogP contribution in [0.25, 0.3) is 22.3 Å². The van der Waals surface area contributed by atoms with E-state index in [1.807, 2.05) is 66.7 Å². The minimum atomic E-state index is -1.38. The largest absolute Gasteiger partial charge is 0.497 e. The van der Waals surface area contributed by atoms with Crippen LogP contribution in [0.4, 0.5) is 5.82 Å². The van der Waals surface area contributed by atoms with Crippen molar-refractivity contribution in [2.75, 3.05) is 32.7 Å². The lowest BCUT2D eigenvalue weighted by atomic mass is 9.94. The maximum atomic E-state index is 13.3. The highest BCUT2D eigenvalue weighted by molar-refractivity contribution is 7.45. The predicted octanol–water partition coefficient (Wildman–Crippen LogP) is 8.15. The molecule has 3 aliphatic rings. The number of methoxy groups -OCH3 is 2. The van der Waals surface area contributed by atoms with Crippen molar-refractivity contribution >= 4 is 20.3 Å². The van der Waals surface area contributed by atoms with E-state index in [1.54, 1.807) is 40.3 Å². The number of rotatable bonds is 14. The number of nitrogens with zero attached hydrogens (tertiary/aromatic N) is 3. The molecule has 1 aromatic heterocycles. The number of amides is 1. The van der Waals surface area contributed by atoms with Gasteiger partial charge in [-0.05, 0) is 76.2 Å². The molecule has 4 aromatic carbocycles. The Morgan fingerprint density at radius 1 is 0.912 bits per heavy atom. The Labute approximate surface area is 333 Å². The minimum Gasteiger partial charge on any atom is -0.497 e. The zero-order valence-electron chi connectivity index (χ0n) is 32.4. The molecule has 1 amide bonds. The van der Waals surface area contributed by atoms with Crippen LogP contribution < -0.4 is 20.5 Å². The lowest BCUT2D eigenvalue weighted by Crippen LogP contribution is -2.43. The third-order valence-corrected chi connectivity index (χ3v) is 12.5. The van der Waals surface area contributed by atoms with Crippen molar-refractivity contribution < 1.29 is 32.8 Å². The molecular formula is C44H47N4O8P. The summed E-state index contributed by atoms with van der Waals surface area (Å²) in [6.45, 7) is 4.97. The number of benzene rings is 4. The first-order chi connectivity index (χ1) is 27.8. The Kier molecular flexibility index (Phi) is 11.8. The summed E-state index contributed by atoms with van der Waals surface area (Å²) in [4.78, 5) is 29.7. The average molecular weight is 791 g/mol. The van der Waals surface area contributed by atoms with Crippen molar-refractivity contribution in [2.45, 2.75) is 63.9 Å². The molecule has 0 radical (unpaired) electrons. The van der Waals surface area contributed by atoms with Crippen LogP contribution in [0.2, 0.25) is 0 Å². The van der Waals surface area contributed by atoms with Crippen molar-refractivity contribution in [3.05, 3.63) is 131 Å². The molecule has 57 heavy (non-hydrogen) atoms. The standard InChI is InChI=1S/C44H47N4O8P/c1-28(2)43(49)45-40-21-22-47(44(50)46-40)41-25-38(55-57-48-23-20-37(48)42(56-57)31-8-6-5-7-9-31)39(54-41)27-53-26-33-11-10-32(29-12-16-34(51-3)17-13-29)24-36(33)30-14-18-35(52-4)19-15-30/h5-19,21-22,24,28,37-39,41-42H,20,23,25-27H2,1-4H3,(H,45,46,49,50). The Morgan fingerprint density at radius 2 is 1.61 bits per heavy atom. The summed E-state index contributed by atoms with van der Waals surface area (Å²) in [6.07, 6.45) is 1.36. The maximum Gasteiger partial charge on any atom is 0.351 e. The van der Waals surface area contributed by atoms with E-state index in [0.29, 0.717) is 13.0 Å². The van der Waals surface area contributed by atoms with Gasteiger partial charge in [-0.15, -0.1) is 0 Å². The van der Waals surface area contributed by atoms with Gasteiger partial charge in [0.05, 0.1) is 33.5 Å². The van der Waals surface area contributed by atoms with Crippen LogP contribution in [-0.2, 0) is 29.9 Å². The predicted molar refractivity (Wildman–Crippen MR) is 218 cm³/mol. The monoisotopic (exact) mass is 790 g/mol. The lowest BCUT2D eigenvalue weighted by molar-refractivity contribution is -0.118. The van der Waals surface area contributed by atoms with Gasteiger partial charge in [-0.1, -0.05) is 80.6 Å². The van der Waals surface area contributed by atoms with Crippen LogP contribution in [0.15, 0.2) is 114 Å². The lowest BCUT2D eigenvalue weighted by Gasteiger charge is -2.37. The normalized spacial score (nSPS) is 22.9. The van der Waals surface area contributed by atoms with Gasteiger partial charge in [0.15, 0.2) is 0 Å². The van der Waals surface area contributed by atoms with Gasteiger partial charge in [-0.25, -0.2) is 9.46 Å². The fraction of sp³-hybridized carbons (Fsp3) is 0.341. The van der Waals surface area contributed by atoms with E-state index < -0.39 is 32.7 Å². The molecule has 3 fully saturated rings. The maximum absolute atomic E-state index is 13.3. The van der Waals surface area contributed by atoms with E-state index in [-0.39, 0.29) is 36.4 Å². The Morgan fingerprint density at radius 3 is 2.26 bits per heavy atom. The van der Waals surface area contributed by atoms with Gasteiger partial charge in [0.2, 0.25) is 5.91 Å². The van der Waals surface area contributed by atoms with Crippen molar-refractivity contribution in [1.82, 2.24) is 14.2 Å². The molecule has 0 saturated carbocycles. The Balaban J connectivity index is 1.02. The van der Waals surface area contributed by atoms with E-state index in [1.165, 1.54) is 4.57 Å². The molecule has 12 nitrogen and oxygen atoms in total. The van der Waals surface area contributed by atoms with E-state index >= 15 is 0 Å². The Bertz CT molecular complexity index is 2220. The number of fused-ring (bicyclic) bond motifs is 1. The third-order valence-electron chi connectivity index (χ3n) is 10.7. The summed E-state index contributed by atoms with van der Waals surface area (Å²) in [6, 6.07) is 34.5. The van der Waals surface area contributed by atoms with E-state index in [9.17, 15) is 9.59 Å². The third kappa shape index (κ3) is 8.53. The molecule has 3 saturated heterocycles. The summed E-state index contributed by atoms with van der Waals surface area (Å²) >= 11 is 0. The minimum absolute atomic E-state index is 0.0726. The molecule has 13 heteroatoms. The molecule has 3 aliphatic heterocycles. The summed E-state index contributed by atoms with van der Waals surface area (Å²) in [5.74, 6) is 1.30. The summed E-state index contributed by atoms with van der Waals surface area (Å²) in [7, 11) is 1.94. The van der Waals surface area contributed by atoms with Gasteiger partial charge in [0.25, 0.3) is 8.53 Å². The zero-order chi connectivity index (χ0) is 39.5. The number of hydrogen-bond donors (Lipinski definition) is 1. The van der Waals surface area contributed by atoms with Crippen LogP contribution in [0.5, 0.6) is 11.5 Å². The molecule has 0 spiro atoms. The fourth-order valence-electron chi connectivity index (χ4n) is 7.35. The van der Waals surface area contributed by atoms with Gasteiger partial charge >= 0.3 is 5.69 Å². The van der Waals surface area contributed by atoms with Gasteiger partial charge in [0, 0.05) is 31.1 Å². The van der Waals surface area contributed by atoms with Gasteiger partial charge in [-0.3, -0.25) is 9.36 Å². The molecule has 0 aliphatic carbocycles. The first kappa shape index (κ1) is 38.9. The number of aromatic nitrogens is 2. The second kappa shape index (κ2) is 17.3. The molecule has 296 valence electrons. The molecular weight excluding hydrogens is 743 g/mol. The summed E-state index contributed by atoms with van der Waals surface area (Å²) in [5, 5.41) is 2.70. The second-order valence-electron chi connectivity index (χ2n) is 14.7. The van der Waals surface area contributed by atoms with Crippen molar-refractivity contribution in [1.29, 1.82) is 0 Å². The van der Waals surface area contributed by atoms with Gasteiger partial charge in [0.1, 0.15) is 35.8 Å². The summed E-state index contributed by atoms with van der Waals surface area (Å²) in [5.41, 5.74) is 5.80. The van der Waals surface area contributed by atoms with Crippen LogP contribution in [0.1, 0.15) is 50.1 Å². The van der Waals surface area contributed by atoms with Crippen molar-refractivity contribution in [2.24, 2.45) is 5.92 Å². The molecule has 5 aromatic rings. The first-order valence-electron chi connectivity index (χ1n) is 19.3. The smallest absolute Gasteiger partial charge is 0.351 e. The molecule has 6 atom stereocenters. The fourth-order valence-corrected chi connectivity index (χ4v) is 9.31. The highest BCUT2D eigenvalue weighted by Crippen LogP contribution is 2.63.